The minimum atomic E-state index is 0.483. The summed E-state index contributed by atoms with van der Waals surface area (Å²) in [4.78, 5) is 8.22. The van der Waals surface area contributed by atoms with Gasteiger partial charge in [0.25, 0.3) is 0 Å². The van der Waals surface area contributed by atoms with E-state index in [9.17, 15) is 0 Å². The highest BCUT2D eigenvalue weighted by Crippen LogP contribution is 2.11. The molecule has 0 N–H and O–H groups in total. The maximum atomic E-state index is 5.73. The molecule has 5 heteroatoms. The largest absolute Gasteiger partial charge is 0.234 e. The average Bonchev–Trinajstić information content (AvgIpc) is 2.70. The topological polar surface area (TPSA) is 43.6 Å². The third kappa shape index (κ3) is 1.61. The quantitative estimate of drug-likeness (QED) is 0.706. The molecule has 0 bridgehead atoms. The molecule has 4 nitrogen and oxygen atoms in total. The van der Waals surface area contributed by atoms with Crippen LogP contribution in [0.15, 0.2) is 24.8 Å². The normalized spacial score (nSPS) is 10.4. The van der Waals surface area contributed by atoms with Gasteiger partial charge in [-0.25, -0.2) is 14.6 Å². The van der Waals surface area contributed by atoms with E-state index >= 15 is 0 Å². The van der Waals surface area contributed by atoms with Crippen molar-refractivity contribution in [2.75, 3.05) is 0 Å². The Hall–Kier alpha value is -1.42. The van der Waals surface area contributed by atoms with E-state index in [1.54, 1.807) is 11.0 Å². The van der Waals surface area contributed by atoms with Gasteiger partial charge in [-0.2, -0.15) is 5.10 Å². The molecule has 2 aromatic heterocycles. The smallest absolute Gasteiger partial charge is 0.155 e. The van der Waals surface area contributed by atoms with E-state index in [-0.39, 0.29) is 0 Å². The van der Waals surface area contributed by atoms with Gasteiger partial charge in [-0.1, -0.05) is 6.07 Å². The highest BCUT2D eigenvalue weighted by molar-refractivity contribution is 6.17. The van der Waals surface area contributed by atoms with E-state index in [2.05, 4.69) is 15.1 Å². The van der Waals surface area contributed by atoms with Crippen LogP contribution in [0.3, 0.4) is 0 Å². The van der Waals surface area contributed by atoms with Crippen LogP contribution in [0.2, 0.25) is 0 Å². The fourth-order valence-corrected chi connectivity index (χ4v) is 1.45. The fourth-order valence-electron chi connectivity index (χ4n) is 1.17. The van der Waals surface area contributed by atoms with E-state index in [0.29, 0.717) is 5.88 Å². The first-order valence-electron chi connectivity index (χ1n) is 4.19. The van der Waals surface area contributed by atoms with Crippen LogP contribution in [-0.2, 0) is 5.88 Å². The number of halogens is 1. The van der Waals surface area contributed by atoms with Gasteiger partial charge in [-0.05, 0) is 18.6 Å². The van der Waals surface area contributed by atoms with Crippen LogP contribution in [0.5, 0.6) is 0 Å². The lowest BCUT2D eigenvalue weighted by atomic mass is 10.2. The third-order valence-electron chi connectivity index (χ3n) is 1.98. The monoisotopic (exact) mass is 208 g/mol. The number of rotatable bonds is 2. The molecular weight excluding hydrogens is 200 g/mol. The van der Waals surface area contributed by atoms with Crippen molar-refractivity contribution in [3.63, 3.8) is 0 Å². The van der Waals surface area contributed by atoms with E-state index in [0.717, 1.165) is 17.1 Å². The van der Waals surface area contributed by atoms with Crippen molar-refractivity contribution in [3.05, 3.63) is 36.0 Å². The van der Waals surface area contributed by atoms with Gasteiger partial charge >= 0.3 is 0 Å². The summed E-state index contributed by atoms with van der Waals surface area (Å²) < 4.78 is 1.62. The van der Waals surface area contributed by atoms with Gasteiger partial charge in [-0.15, -0.1) is 11.6 Å². The number of alkyl halides is 1. The van der Waals surface area contributed by atoms with E-state index in [1.807, 2.05) is 19.1 Å². The standard InChI is InChI=1S/C9H9ClN4/c1-7-8(4-10)2-3-9(13-7)14-6-11-5-12-14/h2-3,5-6H,4H2,1H3. The van der Waals surface area contributed by atoms with Crippen LogP contribution in [-0.4, -0.2) is 19.7 Å². The number of aryl methyl sites for hydroxylation is 1. The van der Waals surface area contributed by atoms with Crippen molar-refractivity contribution in [1.29, 1.82) is 0 Å². The number of hydrogen-bond donors (Lipinski definition) is 0. The Morgan fingerprint density at radius 2 is 2.29 bits per heavy atom. The third-order valence-corrected chi connectivity index (χ3v) is 2.27. The van der Waals surface area contributed by atoms with Crippen molar-refractivity contribution in [2.45, 2.75) is 12.8 Å². The van der Waals surface area contributed by atoms with Crippen molar-refractivity contribution < 1.29 is 0 Å². The molecule has 0 aliphatic heterocycles. The Kier molecular flexibility index (Phi) is 2.45. The maximum absolute atomic E-state index is 5.73. The Morgan fingerprint density at radius 1 is 1.43 bits per heavy atom. The van der Waals surface area contributed by atoms with E-state index in [4.69, 9.17) is 11.6 Å². The summed E-state index contributed by atoms with van der Waals surface area (Å²) in [5, 5.41) is 3.99. The summed E-state index contributed by atoms with van der Waals surface area (Å²) in [6, 6.07) is 3.83. The van der Waals surface area contributed by atoms with Crippen LogP contribution in [0.1, 0.15) is 11.3 Å². The first-order chi connectivity index (χ1) is 6.81. The van der Waals surface area contributed by atoms with Gasteiger partial charge in [0.15, 0.2) is 5.82 Å². The Morgan fingerprint density at radius 3 is 2.86 bits per heavy atom. The Balaban J connectivity index is 2.43. The molecule has 0 atom stereocenters. The summed E-state index contributed by atoms with van der Waals surface area (Å²) in [5.74, 6) is 1.24. The minimum Gasteiger partial charge on any atom is -0.234 e. The van der Waals surface area contributed by atoms with E-state index < -0.39 is 0 Å². The molecule has 0 saturated carbocycles. The molecule has 0 aliphatic rings. The summed E-state index contributed by atoms with van der Waals surface area (Å²) in [6.07, 6.45) is 3.09. The summed E-state index contributed by atoms with van der Waals surface area (Å²) in [6.45, 7) is 1.93. The number of aromatic nitrogens is 4. The fraction of sp³-hybridized carbons (Fsp3) is 0.222. The molecule has 0 fully saturated rings. The lowest BCUT2D eigenvalue weighted by molar-refractivity contribution is 0.836. The molecule has 2 heterocycles. The highest BCUT2D eigenvalue weighted by Gasteiger charge is 2.02. The second-order valence-electron chi connectivity index (χ2n) is 2.89. The number of nitrogens with zero attached hydrogens (tertiary/aromatic N) is 4. The molecule has 2 rings (SSSR count). The molecular formula is C9H9ClN4. The van der Waals surface area contributed by atoms with Crippen LogP contribution in [0, 0.1) is 6.92 Å². The highest BCUT2D eigenvalue weighted by atomic mass is 35.5. The maximum Gasteiger partial charge on any atom is 0.155 e. The number of hydrogen-bond acceptors (Lipinski definition) is 3. The summed E-state index contributed by atoms with van der Waals surface area (Å²) in [5.41, 5.74) is 1.96. The van der Waals surface area contributed by atoms with Gasteiger partial charge in [0.2, 0.25) is 0 Å². The molecule has 0 radical (unpaired) electrons. The average molecular weight is 209 g/mol. The molecule has 14 heavy (non-hydrogen) atoms. The first-order valence-corrected chi connectivity index (χ1v) is 4.72. The van der Waals surface area contributed by atoms with Crippen molar-refractivity contribution >= 4 is 11.6 Å². The molecule has 72 valence electrons. The molecule has 0 aromatic carbocycles. The summed E-state index contributed by atoms with van der Waals surface area (Å²) in [7, 11) is 0. The SMILES string of the molecule is Cc1nc(-n2cncn2)ccc1CCl. The zero-order valence-corrected chi connectivity index (χ0v) is 8.44. The van der Waals surface area contributed by atoms with Crippen LogP contribution >= 0.6 is 11.6 Å². The van der Waals surface area contributed by atoms with Crippen LogP contribution < -0.4 is 0 Å². The lowest BCUT2D eigenvalue weighted by Gasteiger charge is -2.04. The van der Waals surface area contributed by atoms with Gasteiger partial charge in [0.05, 0.1) is 0 Å². The van der Waals surface area contributed by atoms with Gasteiger partial charge in [-0.3, -0.25) is 0 Å². The zero-order chi connectivity index (χ0) is 9.97. The van der Waals surface area contributed by atoms with Crippen molar-refractivity contribution in [2.24, 2.45) is 0 Å². The second kappa shape index (κ2) is 3.75. The van der Waals surface area contributed by atoms with Gasteiger partial charge in [0.1, 0.15) is 12.7 Å². The molecule has 0 spiro atoms. The lowest BCUT2D eigenvalue weighted by Crippen LogP contribution is -2.00. The molecule has 2 aromatic rings. The predicted octanol–water partition coefficient (Wildman–Crippen LogP) is 1.71. The predicted molar refractivity (Wildman–Crippen MR) is 53.4 cm³/mol. The molecule has 0 amide bonds. The van der Waals surface area contributed by atoms with Crippen molar-refractivity contribution in [1.82, 2.24) is 19.7 Å². The van der Waals surface area contributed by atoms with Crippen molar-refractivity contribution in [3.8, 4) is 5.82 Å². The number of pyridine rings is 1. The summed E-state index contributed by atoms with van der Waals surface area (Å²) >= 11 is 5.73. The minimum absolute atomic E-state index is 0.483. The van der Waals surface area contributed by atoms with Crippen LogP contribution in [0.4, 0.5) is 0 Å². The second-order valence-corrected chi connectivity index (χ2v) is 3.15. The van der Waals surface area contributed by atoms with Gasteiger partial charge < -0.3 is 0 Å². The molecule has 0 aliphatic carbocycles. The Labute approximate surface area is 86.6 Å². The first kappa shape index (κ1) is 9.15. The molecule has 0 saturated heterocycles. The zero-order valence-electron chi connectivity index (χ0n) is 7.68. The van der Waals surface area contributed by atoms with Crippen LogP contribution in [0.25, 0.3) is 5.82 Å². The van der Waals surface area contributed by atoms with E-state index in [1.165, 1.54) is 6.33 Å². The van der Waals surface area contributed by atoms with Gasteiger partial charge in [0, 0.05) is 11.6 Å². The molecule has 0 unspecified atom stereocenters. The Bertz CT molecular complexity index is 424.